The second kappa shape index (κ2) is 9.75. The monoisotopic (exact) mass is 485 g/mol. The molecule has 2 fully saturated rings. The molecule has 0 unspecified atom stereocenters. The van der Waals surface area contributed by atoms with Gasteiger partial charge in [-0.1, -0.05) is 24.3 Å². The normalized spacial score (nSPS) is 19.2. The van der Waals surface area contributed by atoms with Gasteiger partial charge in [0.05, 0.1) is 19.6 Å². The Bertz CT molecular complexity index is 665. The van der Waals surface area contributed by atoms with Crippen LogP contribution in [-0.4, -0.2) is 50.1 Å². The van der Waals surface area contributed by atoms with Gasteiger partial charge in [-0.25, -0.2) is 0 Å². The first-order valence-electron chi connectivity index (χ1n) is 9.77. The van der Waals surface area contributed by atoms with Crippen LogP contribution in [0.25, 0.3) is 0 Å². The molecule has 0 amide bonds. The van der Waals surface area contributed by atoms with Crippen molar-refractivity contribution in [3.63, 3.8) is 0 Å². The minimum Gasteiger partial charge on any atom is -0.469 e. The van der Waals surface area contributed by atoms with Gasteiger partial charge in [-0.15, -0.1) is 24.0 Å². The second-order valence-electron chi connectivity index (χ2n) is 7.55. The Morgan fingerprint density at radius 2 is 1.96 bits per heavy atom. The van der Waals surface area contributed by atoms with Gasteiger partial charge in [-0.3, -0.25) is 9.79 Å². The lowest BCUT2D eigenvalue weighted by molar-refractivity contribution is -0.146. The summed E-state index contributed by atoms with van der Waals surface area (Å²) >= 11 is 0. The van der Waals surface area contributed by atoms with Crippen molar-refractivity contribution in [2.45, 2.75) is 44.9 Å². The minimum absolute atomic E-state index is 0. The fourth-order valence-corrected chi connectivity index (χ4v) is 3.98. The molecule has 0 aromatic heterocycles. The van der Waals surface area contributed by atoms with Crippen LogP contribution in [0.4, 0.5) is 0 Å². The first-order valence-corrected chi connectivity index (χ1v) is 9.77. The lowest BCUT2D eigenvalue weighted by Gasteiger charge is -2.33. The third-order valence-electron chi connectivity index (χ3n) is 5.77. The summed E-state index contributed by atoms with van der Waals surface area (Å²) in [4.78, 5) is 19.0. The number of guanidine groups is 1. The van der Waals surface area contributed by atoms with Crippen molar-refractivity contribution in [2.24, 2.45) is 10.9 Å². The predicted molar refractivity (Wildman–Crippen MR) is 120 cm³/mol. The Kier molecular flexibility index (Phi) is 7.94. The maximum absolute atomic E-state index is 11.7. The zero-order valence-electron chi connectivity index (χ0n) is 16.7. The van der Waals surface area contributed by atoms with Gasteiger partial charge in [0.15, 0.2) is 5.96 Å². The zero-order chi connectivity index (χ0) is 18.6. The van der Waals surface area contributed by atoms with Crippen molar-refractivity contribution in [1.82, 2.24) is 10.2 Å². The Balaban J connectivity index is 0.00000261. The number of ether oxygens (including phenoxy) is 1. The van der Waals surface area contributed by atoms with Crippen LogP contribution in [0.1, 0.15) is 43.7 Å². The van der Waals surface area contributed by atoms with E-state index in [0.29, 0.717) is 0 Å². The second-order valence-corrected chi connectivity index (χ2v) is 7.55. The topological polar surface area (TPSA) is 53.9 Å². The first-order chi connectivity index (χ1) is 12.6. The van der Waals surface area contributed by atoms with Gasteiger partial charge in [0.2, 0.25) is 0 Å². The molecule has 3 rings (SSSR count). The van der Waals surface area contributed by atoms with E-state index in [0.717, 1.165) is 45.0 Å². The molecule has 5 nitrogen and oxygen atoms in total. The molecule has 1 saturated heterocycles. The average molecular weight is 485 g/mol. The van der Waals surface area contributed by atoms with E-state index < -0.39 is 0 Å². The maximum atomic E-state index is 11.7. The lowest BCUT2D eigenvalue weighted by Crippen LogP contribution is -2.47. The Hall–Kier alpha value is -1.31. The van der Waals surface area contributed by atoms with Crippen molar-refractivity contribution in [3.8, 4) is 0 Å². The van der Waals surface area contributed by atoms with E-state index >= 15 is 0 Å². The molecule has 0 bridgehead atoms. The van der Waals surface area contributed by atoms with E-state index in [4.69, 9.17) is 9.73 Å². The van der Waals surface area contributed by atoms with Crippen LogP contribution in [0.15, 0.2) is 29.3 Å². The van der Waals surface area contributed by atoms with E-state index in [1.54, 1.807) is 0 Å². The van der Waals surface area contributed by atoms with Gasteiger partial charge >= 0.3 is 5.97 Å². The van der Waals surface area contributed by atoms with E-state index in [-0.39, 0.29) is 41.3 Å². The highest BCUT2D eigenvalue weighted by atomic mass is 127. The number of hydrogen-bond donors (Lipinski definition) is 1. The number of carbonyl (C=O) groups excluding carboxylic acids is 1. The molecule has 6 heteroatoms. The van der Waals surface area contributed by atoms with Crippen LogP contribution in [0, 0.1) is 12.8 Å². The molecular weight excluding hydrogens is 453 g/mol. The van der Waals surface area contributed by atoms with E-state index in [9.17, 15) is 4.79 Å². The van der Waals surface area contributed by atoms with E-state index in [1.807, 2.05) is 0 Å². The number of benzene rings is 1. The number of esters is 1. The summed E-state index contributed by atoms with van der Waals surface area (Å²) in [5, 5.41) is 3.44. The highest BCUT2D eigenvalue weighted by molar-refractivity contribution is 14.0. The third kappa shape index (κ3) is 5.15. The van der Waals surface area contributed by atoms with Gasteiger partial charge < -0.3 is 15.0 Å². The van der Waals surface area contributed by atoms with Crippen LogP contribution in [0.3, 0.4) is 0 Å². The Morgan fingerprint density at radius 3 is 2.52 bits per heavy atom. The molecule has 1 aromatic rings. The number of piperidine rings is 1. The summed E-state index contributed by atoms with van der Waals surface area (Å²) in [5.74, 6) is 0.930. The van der Waals surface area contributed by atoms with Crippen LogP contribution in [-0.2, 0) is 14.9 Å². The standard InChI is InChI=1S/C21H31N3O2.HI/c1-4-22-20(24-13-9-17(10-14-24)19(25)26-3)23-15-21(11-12-21)18-8-6-5-7-16(18)2;/h5-8,17H,4,9-15H2,1-3H3,(H,22,23);1H. The van der Waals surface area contributed by atoms with Crippen molar-refractivity contribution < 1.29 is 9.53 Å². The average Bonchev–Trinajstić information content (AvgIpc) is 3.46. The number of carbonyl (C=O) groups is 1. The van der Waals surface area contributed by atoms with E-state index in [1.165, 1.54) is 31.1 Å². The number of halogens is 1. The van der Waals surface area contributed by atoms with Crippen LogP contribution >= 0.6 is 24.0 Å². The minimum atomic E-state index is -0.0805. The van der Waals surface area contributed by atoms with Gasteiger partial charge in [0.25, 0.3) is 0 Å². The molecule has 1 aliphatic carbocycles. The Labute approximate surface area is 180 Å². The molecule has 0 spiro atoms. The summed E-state index contributed by atoms with van der Waals surface area (Å²) in [6.07, 6.45) is 4.09. The number of aliphatic imine (C=N–C) groups is 1. The molecule has 150 valence electrons. The van der Waals surface area contributed by atoms with Crippen LogP contribution < -0.4 is 5.32 Å². The summed E-state index contributed by atoms with van der Waals surface area (Å²) < 4.78 is 4.89. The number of nitrogens with one attached hydrogen (secondary N) is 1. The van der Waals surface area contributed by atoms with Crippen molar-refractivity contribution in [2.75, 3.05) is 33.3 Å². The zero-order valence-corrected chi connectivity index (χ0v) is 19.0. The quantitative estimate of drug-likeness (QED) is 0.300. The molecule has 1 heterocycles. The van der Waals surface area contributed by atoms with Crippen LogP contribution in [0.2, 0.25) is 0 Å². The fraction of sp³-hybridized carbons (Fsp3) is 0.619. The molecule has 1 saturated carbocycles. The number of likely N-dealkylation sites (tertiary alicyclic amines) is 1. The summed E-state index contributed by atoms with van der Waals surface area (Å²) in [7, 11) is 1.47. The van der Waals surface area contributed by atoms with E-state index in [2.05, 4.69) is 48.3 Å². The molecule has 27 heavy (non-hydrogen) atoms. The molecule has 0 radical (unpaired) electrons. The van der Waals surface area contributed by atoms with Crippen LogP contribution in [0.5, 0.6) is 0 Å². The highest BCUT2D eigenvalue weighted by Gasteiger charge is 2.45. The SMILES string of the molecule is CCNC(=NCC1(c2ccccc2C)CC1)N1CCC(C(=O)OC)CC1.I. The molecule has 2 aliphatic rings. The van der Waals surface area contributed by atoms with Crippen molar-refractivity contribution >= 4 is 35.9 Å². The largest absolute Gasteiger partial charge is 0.469 e. The smallest absolute Gasteiger partial charge is 0.308 e. The lowest BCUT2D eigenvalue weighted by atomic mass is 9.92. The highest BCUT2D eigenvalue weighted by Crippen LogP contribution is 2.49. The first kappa shape index (κ1) is 22.0. The number of rotatable bonds is 5. The summed E-state index contributed by atoms with van der Waals surface area (Å²) in [5.41, 5.74) is 3.03. The van der Waals surface area contributed by atoms with Gasteiger partial charge in [0.1, 0.15) is 0 Å². The third-order valence-corrected chi connectivity index (χ3v) is 5.77. The maximum Gasteiger partial charge on any atom is 0.308 e. The van der Waals surface area contributed by atoms with Crippen molar-refractivity contribution in [3.05, 3.63) is 35.4 Å². The number of hydrogen-bond acceptors (Lipinski definition) is 3. The van der Waals surface area contributed by atoms with Gasteiger partial charge in [-0.05, 0) is 50.7 Å². The fourth-order valence-electron chi connectivity index (χ4n) is 3.98. The molecule has 1 aliphatic heterocycles. The van der Waals surface area contributed by atoms with Gasteiger partial charge in [0, 0.05) is 25.0 Å². The molecule has 0 atom stereocenters. The summed E-state index contributed by atoms with van der Waals surface area (Å²) in [6.45, 7) is 7.68. The number of aryl methyl sites for hydroxylation is 1. The number of nitrogens with zero attached hydrogens (tertiary/aromatic N) is 2. The van der Waals surface area contributed by atoms with Gasteiger partial charge in [-0.2, -0.15) is 0 Å². The Morgan fingerprint density at radius 1 is 1.30 bits per heavy atom. The number of methoxy groups -OCH3 is 1. The predicted octanol–water partition coefficient (Wildman–Crippen LogP) is 3.50. The molecule has 1 aromatic carbocycles. The molecular formula is C21H32IN3O2. The molecule has 1 N–H and O–H groups in total. The van der Waals surface area contributed by atoms with Crippen molar-refractivity contribution in [1.29, 1.82) is 0 Å². The summed E-state index contributed by atoms with van der Waals surface area (Å²) in [6, 6.07) is 8.69.